The van der Waals surface area contributed by atoms with Gasteiger partial charge in [-0.1, -0.05) is 195 Å². The summed E-state index contributed by atoms with van der Waals surface area (Å²) in [5, 5.41) is 10.0. The van der Waals surface area contributed by atoms with Crippen LogP contribution >= 0.6 is 0 Å². The standard InChI is InChI=1S/C59H41N/c1-40-36-45(41-16-5-2-6-17-41)23-15-35-60(56-34-31-48(39-55(40)56)42-18-7-3-8-19-42)50-32-29-46-37-49(28-27-47(46)38-50)57-52-25-13-14-26-53(52)58(44-21-9-4-10-22-44)59-51-24-12-11-20-43(51)30-33-54(57)59/h2-34,36-39H,1,35H2/b23-15-,45-36+. The lowest BCUT2D eigenvalue weighted by atomic mass is 9.84. The maximum atomic E-state index is 4.67. The molecule has 1 nitrogen and oxygen atoms in total. The lowest BCUT2D eigenvalue weighted by molar-refractivity contribution is 1.10. The molecule has 0 bridgehead atoms. The highest BCUT2D eigenvalue weighted by Gasteiger charge is 2.21. The highest BCUT2D eigenvalue weighted by molar-refractivity contribution is 6.28. The molecule has 10 aromatic rings. The topological polar surface area (TPSA) is 3.24 Å². The number of hydrogen-bond acceptors (Lipinski definition) is 1. The van der Waals surface area contributed by atoms with Crippen LogP contribution in [0.5, 0.6) is 0 Å². The SMILES string of the molecule is C=C1/C=C(c2ccccc2)\C=C/CN(c2ccc3cc(-c4c5ccccc5c(-c5ccccc5)c5c4ccc4ccccc45)ccc3c2)c2ccc(-c3ccccc3)cc21. The molecule has 10 aromatic carbocycles. The van der Waals surface area contributed by atoms with Gasteiger partial charge < -0.3 is 4.90 Å². The van der Waals surface area contributed by atoms with E-state index in [9.17, 15) is 0 Å². The summed E-state index contributed by atoms with van der Waals surface area (Å²) in [5.41, 5.74) is 14.1. The number of rotatable bonds is 5. The number of allylic oxidation sites excluding steroid dienone is 4. The number of hydrogen-bond donors (Lipinski definition) is 0. The molecule has 0 saturated heterocycles. The average molecular weight is 764 g/mol. The van der Waals surface area contributed by atoms with Crippen LogP contribution in [0.25, 0.3) is 87.6 Å². The molecule has 0 saturated carbocycles. The Morgan fingerprint density at radius 1 is 0.400 bits per heavy atom. The van der Waals surface area contributed by atoms with E-state index < -0.39 is 0 Å². The Labute approximate surface area is 351 Å². The molecule has 0 amide bonds. The van der Waals surface area contributed by atoms with Gasteiger partial charge in [0.25, 0.3) is 0 Å². The molecule has 282 valence electrons. The van der Waals surface area contributed by atoms with Crippen molar-refractivity contribution in [3.05, 3.63) is 242 Å². The molecule has 0 N–H and O–H groups in total. The molecule has 1 heterocycles. The van der Waals surface area contributed by atoms with Crippen molar-refractivity contribution in [3.63, 3.8) is 0 Å². The molecule has 11 rings (SSSR count). The van der Waals surface area contributed by atoms with Crippen LogP contribution in [-0.4, -0.2) is 6.54 Å². The number of nitrogens with zero attached hydrogens (tertiary/aromatic N) is 1. The van der Waals surface area contributed by atoms with Crippen molar-refractivity contribution < 1.29 is 0 Å². The summed E-state index contributed by atoms with van der Waals surface area (Å²) in [6, 6.07) is 75.2. The van der Waals surface area contributed by atoms with Crippen molar-refractivity contribution in [1.29, 1.82) is 0 Å². The third kappa shape index (κ3) is 6.20. The molecule has 60 heavy (non-hydrogen) atoms. The summed E-state index contributed by atoms with van der Waals surface area (Å²) >= 11 is 0. The Balaban J connectivity index is 1.06. The van der Waals surface area contributed by atoms with E-state index >= 15 is 0 Å². The van der Waals surface area contributed by atoms with Crippen LogP contribution in [0, 0.1) is 0 Å². The summed E-state index contributed by atoms with van der Waals surface area (Å²) < 4.78 is 0. The van der Waals surface area contributed by atoms with Gasteiger partial charge in [-0.3, -0.25) is 0 Å². The lowest BCUT2D eigenvalue weighted by Gasteiger charge is -2.27. The van der Waals surface area contributed by atoms with Gasteiger partial charge in [0.2, 0.25) is 0 Å². The molecule has 0 atom stereocenters. The first-order valence-corrected chi connectivity index (χ1v) is 20.7. The maximum Gasteiger partial charge on any atom is 0.0493 e. The van der Waals surface area contributed by atoms with E-state index in [2.05, 4.69) is 236 Å². The van der Waals surface area contributed by atoms with Gasteiger partial charge in [-0.2, -0.15) is 0 Å². The second-order valence-corrected chi connectivity index (χ2v) is 15.7. The molecule has 0 radical (unpaired) electrons. The molecular weight excluding hydrogens is 723 g/mol. The van der Waals surface area contributed by atoms with Crippen LogP contribution in [0.15, 0.2) is 231 Å². The number of benzene rings is 10. The Morgan fingerprint density at radius 2 is 1.00 bits per heavy atom. The van der Waals surface area contributed by atoms with Crippen LogP contribution in [0.3, 0.4) is 0 Å². The zero-order chi connectivity index (χ0) is 40.0. The molecule has 0 aromatic heterocycles. The van der Waals surface area contributed by atoms with Crippen molar-refractivity contribution in [2.24, 2.45) is 0 Å². The molecule has 1 heteroatoms. The first-order valence-electron chi connectivity index (χ1n) is 20.7. The quantitative estimate of drug-likeness (QED) is 0.125. The van der Waals surface area contributed by atoms with Gasteiger partial charge in [0.05, 0.1) is 0 Å². The fraction of sp³-hybridized carbons (Fsp3) is 0.0169. The molecule has 0 unspecified atom stereocenters. The van der Waals surface area contributed by atoms with Crippen molar-refractivity contribution in [2.45, 2.75) is 0 Å². The zero-order valence-electron chi connectivity index (χ0n) is 33.2. The normalized spacial score (nSPS) is 14.4. The van der Waals surface area contributed by atoms with E-state index in [-0.39, 0.29) is 0 Å². The molecule has 1 aliphatic heterocycles. The Hall–Kier alpha value is -7.74. The third-order valence-electron chi connectivity index (χ3n) is 12.2. The second-order valence-electron chi connectivity index (χ2n) is 15.7. The minimum absolute atomic E-state index is 0.707. The second kappa shape index (κ2) is 14.9. The fourth-order valence-corrected chi connectivity index (χ4v) is 9.31. The van der Waals surface area contributed by atoms with Crippen LogP contribution in [-0.2, 0) is 0 Å². The van der Waals surface area contributed by atoms with Crippen molar-refractivity contribution in [3.8, 4) is 33.4 Å². The van der Waals surface area contributed by atoms with Gasteiger partial charge >= 0.3 is 0 Å². The summed E-state index contributed by atoms with van der Waals surface area (Å²) in [7, 11) is 0. The van der Waals surface area contributed by atoms with Crippen molar-refractivity contribution in [2.75, 3.05) is 11.4 Å². The lowest BCUT2D eigenvalue weighted by Crippen LogP contribution is -2.18. The first kappa shape index (κ1) is 35.4. The van der Waals surface area contributed by atoms with E-state index in [1.807, 2.05) is 0 Å². The highest BCUT2D eigenvalue weighted by atomic mass is 15.1. The highest BCUT2D eigenvalue weighted by Crippen LogP contribution is 2.47. The Bertz CT molecular complexity index is 3340. The van der Waals surface area contributed by atoms with Gasteiger partial charge in [0, 0.05) is 23.5 Å². The van der Waals surface area contributed by atoms with Crippen molar-refractivity contribution in [1.82, 2.24) is 0 Å². The molecule has 0 aliphatic carbocycles. The van der Waals surface area contributed by atoms with E-state index in [0.717, 1.165) is 28.1 Å². The van der Waals surface area contributed by atoms with E-state index in [0.29, 0.717) is 6.54 Å². The molecular formula is C59H41N. The van der Waals surface area contributed by atoms with Crippen LogP contribution < -0.4 is 4.90 Å². The predicted molar refractivity (Wildman–Crippen MR) is 259 cm³/mol. The maximum absolute atomic E-state index is 4.67. The first-order chi connectivity index (χ1) is 29.7. The summed E-state index contributed by atoms with van der Waals surface area (Å²) in [6.45, 7) is 5.38. The summed E-state index contributed by atoms with van der Waals surface area (Å²) in [4.78, 5) is 2.43. The average Bonchev–Trinajstić information content (AvgIpc) is 3.38. The van der Waals surface area contributed by atoms with Gasteiger partial charge in [-0.15, -0.1) is 0 Å². The molecule has 1 aliphatic rings. The van der Waals surface area contributed by atoms with Gasteiger partial charge in [0.1, 0.15) is 0 Å². The minimum atomic E-state index is 0.707. The Morgan fingerprint density at radius 3 is 1.77 bits per heavy atom. The third-order valence-corrected chi connectivity index (χ3v) is 12.2. The van der Waals surface area contributed by atoms with Crippen LogP contribution in [0.4, 0.5) is 11.4 Å². The monoisotopic (exact) mass is 763 g/mol. The van der Waals surface area contributed by atoms with E-state index in [4.69, 9.17) is 0 Å². The zero-order valence-corrected chi connectivity index (χ0v) is 33.2. The fourth-order valence-electron chi connectivity index (χ4n) is 9.31. The minimum Gasteiger partial charge on any atom is -0.337 e. The summed E-state index contributed by atoms with van der Waals surface area (Å²) in [6.07, 6.45) is 6.75. The van der Waals surface area contributed by atoms with Gasteiger partial charge in [-0.05, 0) is 130 Å². The smallest absolute Gasteiger partial charge is 0.0493 e. The largest absolute Gasteiger partial charge is 0.337 e. The number of fused-ring (bicyclic) bond motifs is 6. The molecule has 0 fully saturated rings. The summed E-state index contributed by atoms with van der Waals surface area (Å²) in [5.74, 6) is 0. The van der Waals surface area contributed by atoms with E-state index in [1.165, 1.54) is 82.0 Å². The van der Waals surface area contributed by atoms with Gasteiger partial charge in [-0.25, -0.2) is 0 Å². The molecule has 0 spiro atoms. The number of anilines is 2. The van der Waals surface area contributed by atoms with Crippen molar-refractivity contribution >= 4 is 65.6 Å². The van der Waals surface area contributed by atoms with E-state index in [1.54, 1.807) is 0 Å². The Kier molecular flexibility index (Phi) is 8.79. The van der Waals surface area contributed by atoms with Crippen LogP contribution in [0.1, 0.15) is 11.1 Å². The predicted octanol–water partition coefficient (Wildman–Crippen LogP) is 16.1. The van der Waals surface area contributed by atoms with Gasteiger partial charge in [0.15, 0.2) is 0 Å². The van der Waals surface area contributed by atoms with Crippen LogP contribution in [0.2, 0.25) is 0 Å².